The second kappa shape index (κ2) is 10.2. The third kappa shape index (κ3) is 5.57. The van der Waals surface area contributed by atoms with E-state index in [0.717, 1.165) is 42.7 Å². The van der Waals surface area contributed by atoms with Crippen molar-refractivity contribution >= 4 is 23.5 Å². The molecule has 1 aromatic carbocycles. The third-order valence-corrected chi connectivity index (χ3v) is 6.59. The fraction of sp³-hybridized carbons (Fsp3) is 0.625. The Labute approximate surface area is 184 Å². The molecule has 0 aromatic heterocycles. The number of rotatable bonds is 9. The Bertz CT molecular complexity index is 832. The number of benzene rings is 1. The van der Waals surface area contributed by atoms with Crippen LogP contribution in [0.3, 0.4) is 0 Å². The number of aliphatic imine (C=N–C) groups is 1. The molecule has 2 heterocycles. The summed E-state index contributed by atoms with van der Waals surface area (Å²) in [7, 11) is 1.98. The molecule has 2 amide bonds. The number of carbonyl (C=O) groups excluding carboxylic acids is 2. The zero-order valence-electron chi connectivity index (χ0n) is 18.6. The maximum absolute atomic E-state index is 12.4. The lowest BCUT2D eigenvalue weighted by molar-refractivity contribution is -0.132. The quantitative estimate of drug-likeness (QED) is 0.611. The number of nitrogens with one attached hydrogen (secondary N) is 1. The minimum atomic E-state index is -0.00893. The first-order valence-corrected chi connectivity index (χ1v) is 11.7. The molecular formula is C24H34N4O3. The molecule has 2 aliphatic heterocycles. The Kier molecular flexibility index (Phi) is 7.10. The van der Waals surface area contributed by atoms with Crippen LogP contribution in [0.2, 0.25) is 0 Å². The normalized spacial score (nSPS) is 18.2. The van der Waals surface area contributed by atoms with E-state index in [-0.39, 0.29) is 5.91 Å². The highest BCUT2D eigenvalue weighted by Crippen LogP contribution is 2.30. The first kappa shape index (κ1) is 21.7. The lowest BCUT2D eigenvalue weighted by Crippen LogP contribution is -2.38. The molecule has 31 heavy (non-hydrogen) atoms. The number of hydrogen-bond donors (Lipinski definition) is 1. The van der Waals surface area contributed by atoms with Crippen LogP contribution in [0.25, 0.3) is 0 Å². The van der Waals surface area contributed by atoms with Gasteiger partial charge in [0.1, 0.15) is 12.3 Å². The number of fused-ring (bicyclic) bond motifs is 2. The van der Waals surface area contributed by atoms with Gasteiger partial charge in [-0.3, -0.25) is 14.9 Å². The van der Waals surface area contributed by atoms with Crippen molar-refractivity contribution in [3.05, 3.63) is 23.8 Å². The summed E-state index contributed by atoms with van der Waals surface area (Å²) in [5.74, 6) is 1.79. The van der Waals surface area contributed by atoms with E-state index in [1.54, 1.807) is 0 Å². The van der Waals surface area contributed by atoms with Crippen LogP contribution >= 0.6 is 0 Å². The smallest absolute Gasteiger partial charge is 0.246 e. The minimum absolute atomic E-state index is 0.00893. The number of guanidine groups is 1. The number of amides is 2. The highest BCUT2D eigenvalue weighted by Gasteiger charge is 2.29. The van der Waals surface area contributed by atoms with Crippen molar-refractivity contribution in [3.63, 3.8) is 0 Å². The molecule has 0 atom stereocenters. The molecule has 0 radical (unpaired) electrons. The molecule has 168 valence electrons. The van der Waals surface area contributed by atoms with E-state index in [2.05, 4.69) is 10.3 Å². The molecule has 1 saturated carbocycles. The summed E-state index contributed by atoms with van der Waals surface area (Å²) in [4.78, 5) is 32.4. The van der Waals surface area contributed by atoms with Crippen molar-refractivity contribution in [2.75, 3.05) is 20.2 Å². The van der Waals surface area contributed by atoms with E-state index < -0.39 is 0 Å². The molecule has 3 aliphatic rings. The number of hydrogen-bond acceptors (Lipinski definition) is 5. The van der Waals surface area contributed by atoms with Crippen LogP contribution in [-0.4, -0.2) is 53.8 Å². The SMILES string of the molecule is CN(C(=O)CCCCCCOc1ccc2c(c1)CN1CC(=O)NC1=N2)C1CCCCC1. The largest absolute Gasteiger partial charge is 0.494 e. The van der Waals surface area contributed by atoms with Crippen molar-refractivity contribution in [3.8, 4) is 5.75 Å². The van der Waals surface area contributed by atoms with Gasteiger partial charge in [0, 0.05) is 31.6 Å². The van der Waals surface area contributed by atoms with Crippen LogP contribution < -0.4 is 10.1 Å². The summed E-state index contributed by atoms with van der Waals surface area (Å²) >= 11 is 0. The predicted molar refractivity (Wildman–Crippen MR) is 120 cm³/mol. The molecule has 7 nitrogen and oxygen atoms in total. The van der Waals surface area contributed by atoms with Crippen LogP contribution in [0.4, 0.5) is 5.69 Å². The average Bonchev–Trinajstić information content (AvgIpc) is 3.15. The molecule has 4 rings (SSSR count). The molecule has 1 aromatic rings. The standard InChI is InChI=1S/C24H34N4O3/c1-27(19-9-5-4-6-10-19)23(30)11-7-2-3-8-14-31-20-12-13-21-18(15-20)16-28-17-22(29)26-24(28)25-21/h12-13,15,19H,2-11,14,16-17H2,1H3,(H,25,26,29). The fourth-order valence-electron chi connectivity index (χ4n) is 4.70. The Morgan fingerprint density at radius 1 is 1.16 bits per heavy atom. The monoisotopic (exact) mass is 426 g/mol. The second-order valence-corrected chi connectivity index (χ2v) is 8.94. The summed E-state index contributed by atoms with van der Waals surface area (Å²) in [6.45, 7) is 1.71. The molecule has 1 aliphatic carbocycles. The number of carbonyl (C=O) groups is 2. The summed E-state index contributed by atoms with van der Waals surface area (Å²) in [6, 6.07) is 6.38. The van der Waals surface area contributed by atoms with Crippen LogP contribution in [0.15, 0.2) is 23.2 Å². The molecule has 7 heteroatoms. The molecule has 0 spiro atoms. The maximum Gasteiger partial charge on any atom is 0.246 e. The zero-order valence-corrected chi connectivity index (χ0v) is 18.6. The van der Waals surface area contributed by atoms with E-state index in [4.69, 9.17) is 4.74 Å². The summed E-state index contributed by atoms with van der Waals surface area (Å²) in [5.41, 5.74) is 1.97. The summed E-state index contributed by atoms with van der Waals surface area (Å²) in [6.07, 6.45) is 10.9. The van der Waals surface area contributed by atoms with Gasteiger partial charge in [-0.1, -0.05) is 32.1 Å². The Hall–Kier alpha value is -2.57. The van der Waals surface area contributed by atoms with Gasteiger partial charge in [0.25, 0.3) is 0 Å². The van der Waals surface area contributed by atoms with E-state index in [0.29, 0.717) is 44.0 Å². The minimum Gasteiger partial charge on any atom is -0.494 e. The van der Waals surface area contributed by atoms with Crippen molar-refractivity contribution in [1.82, 2.24) is 15.1 Å². The Morgan fingerprint density at radius 2 is 1.97 bits per heavy atom. The van der Waals surface area contributed by atoms with Crippen LogP contribution in [0.1, 0.15) is 69.8 Å². The van der Waals surface area contributed by atoms with Gasteiger partial charge in [-0.05, 0) is 43.9 Å². The highest BCUT2D eigenvalue weighted by atomic mass is 16.5. The Balaban J connectivity index is 1.11. The number of nitrogens with zero attached hydrogens (tertiary/aromatic N) is 3. The van der Waals surface area contributed by atoms with Crippen LogP contribution in [0.5, 0.6) is 5.75 Å². The lowest BCUT2D eigenvalue weighted by Gasteiger charge is -2.31. The number of unbranched alkanes of at least 4 members (excludes halogenated alkanes) is 3. The van der Waals surface area contributed by atoms with Gasteiger partial charge >= 0.3 is 0 Å². The predicted octanol–water partition coefficient (Wildman–Crippen LogP) is 3.74. The highest BCUT2D eigenvalue weighted by molar-refractivity contribution is 6.05. The van der Waals surface area contributed by atoms with E-state index in [1.165, 1.54) is 32.1 Å². The summed E-state index contributed by atoms with van der Waals surface area (Å²) in [5, 5.41) is 2.78. The van der Waals surface area contributed by atoms with E-state index in [9.17, 15) is 9.59 Å². The van der Waals surface area contributed by atoms with E-state index >= 15 is 0 Å². The first-order chi connectivity index (χ1) is 15.1. The van der Waals surface area contributed by atoms with Gasteiger partial charge in [-0.2, -0.15) is 0 Å². The fourth-order valence-corrected chi connectivity index (χ4v) is 4.70. The Morgan fingerprint density at radius 3 is 2.81 bits per heavy atom. The van der Waals surface area contributed by atoms with Crippen molar-refractivity contribution in [2.24, 2.45) is 4.99 Å². The van der Waals surface area contributed by atoms with Gasteiger partial charge in [-0.15, -0.1) is 0 Å². The van der Waals surface area contributed by atoms with Gasteiger partial charge < -0.3 is 14.5 Å². The molecule has 2 fully saturated rings. The maximum atomic E-state index is 12.4. The summed E-state index contributed by atoms with van der Waals surface area (Å²) < 4.78 is 5.93. The second-order valence-electron chi connectivity index (χ2n) is 8.94. The van der Waals surface area contributed by atoms with E-state index in [1.807, 2.05) is 35.0 Å². The molecule has 1 saturated heterocycles. The lowest BCUT2D eigenvalue weighted by atomic mass is 9.94. The van der Waals surface area contributed by atoms with Crippen molar-refractivity contribution in [2.45, 2.75) is 76.8 Å². The topological polar surface area (TPSA) is 74.2 Å². The van der Waals surface area contributed by atoms with Gasteiger partial charge in [0.05, 0.1) is 12.3 Å². The molecule has 0 unspecified atom stereocenters. The first-order valence-electron chi connectivity index (χ1n) is 11.7. The molecule has 0 bridgehead atoms. The van der Waals surface area contributed by atoms with Crippen LogP contribution in [-0.2, 0) is 16.1 Å². The van der Waals surface area contributed by atoms with Gasteiger partial charge in [0.2, 0.25) is 17.8 Å². The van der Waals surface area contributed by atoms with Crippen molar-refractivity contribution < 1.29 is 14.3 Å². The number of ether oxygens (including phenoxy) is 1. The third-order valence-electron chi connectivity index (χ3n) is 6.59. The zero-order chi connectivity index (χ0) is 21.6. The van der Waals surface area contributed by atoms with Crippen molar-refractivity contribution in [1.29, 1.82) is 0 Å². The average molecular weight is 427 g/mol. The van der Waals surface area contributed by atoms with Crippen LogP contribution in [0, 0.1) is 0 Å². The van der Waals surface area contributed by atoms with Gasteiger partial charge in [0.15, 0.2) is 0 Å². The molecular weight excluding hydrogens is 392 g/mol. The molecule has 1 N–H and O–H groups in total. The van der Waals surface area contributed by atoms with Gasteiger partial charge in [-0.25, -0.2) is 4.99 Å².